The second-order valence-electron chi connectivity index (χ2n) is 6.01. The number of carbonyl (C=O) groups excluding carboxylic acids is 1. The molecule has 4 nitrogen and oxygen atoms in total. The smallest absolute Gasteiger partial charge is 0.347 e. The maximum absolute atomic E-state index is 11.9. The van der Waals surface area contributed by atoms with E-state index in [2.05, 4.69) is 12.2 Å². The van der Waals surface area contributed by atoms with Crippen molar-refractivity contribution in [2.24, 2.45) is 0 Å². The molecule has 0 spiro atoms. The molecule has 1 unspecified atom stereocenters. The van der Waals surface area contributed by atoms with E-state index in [0.29, 0.717) is 18.8 Å². The van der Waals surface area contributed by atoms with Crippen molar-refractivity contribution in [3.63, 3.8) is 0 Å². The van der Waals surface area contributed by atoms with Crippen LogP contribution in [0.15, 0.2) is 24.3 Å². The number of rotatable bonds is 13. The summed E-state index contributed by atoms with van der Waals surface area (Å²) in [5.41, 5.74) is 1.08. The Hall–Kier alpha value is -1.71. The highest BCUT2D eigenvalue weighted by atomic mass is 16.6. The minimum atomic E-state index is -0.521. The number of hydrogen-bond acceptors (Lipinski definition) is 4. The molecule has 0 radical (unpaired) electrons. The maximum atomic E-state index is 11.9. The number of benzene rings is 1. The lowest BCUT2D eigenvalue weighted by atomic mass is 10.1. The number of carbonyl (C=O) groups is 1. The molecule has 1 aromatic rings. The number of nitrogens with one attached hydrogen (secondary N) is 1. The molecule has 0 fully saturated rings. The standard InChI is InChI=1S/C20H33NO3/c1-4-7-8-9-10-16-21-17-12-14-18(15-13-17)24-19(11-5-2)20(22)23-6-3/h12-15,19,21H,4-11,16H2,1-3H3. The lowest BCUT2D eigenvalue weighted by molar-refractivity contribution is -0.151. The van der Waals surface area contributed by atoms with E-state index >= 15 is 0 Å². The van der Waals surface area contributed by atoms with Gasteiger partial charge in [0.2, 0.25) is 0 Å². The van der Waals surface area contributed by atoms with Gasteiger partial charge in [0.05, 0.1) is 6.61 Å². The second kappa shape index (κ2) is 12.7. The first-order chi connectivity index (χ1) is 11.7. The van der Waals surface area contributed by atoms with Crippen molar-refractivity contribution in [1.82, 2.24) is 0 Å². The van der Waals surface area contributed by atoms with Crippen molar-refractivity contribution in [3.05, 3.63) is 24.3 Å². The van der Waals surface area contributed by atoms with Crippen molar-refractivity contribution in [2.75, 3.05) is 18.5 Å². The summed E-state index contributed by atoms with van der Waals surface area (Å²) in [6.07, 6.45) is 7.41. The largest absolute Gasteiger partial charge is 0.479 e. The molecule has 0 aliphatic carbocycles. The Morgan fingerprint density at radius 2 is 1.71 bits per heavy atom. The average molecular weight is 335 g/mol. The summed E-state index contributed by atoms with van der Waals surface area (Å²) in [6, 6.07) is 7.80. The Bertz CT molecular complexity index is 445. The zero-order valence-corrected chi connectivity index (χ0v) is 15.5. The molecular formula is C20H33NO3. The molecule has 0 aliphatic rings. The van der Waals surface area contributed by atoms with Crippen LogP contribution in [-0.2, 0) is 9.53 Å². The monoisotopic (exact) mass is 335 g/mol. The number of esters is 1. The second-order valence-corrected chi connectivity index (χ2v) is 6.01. The number of unbranched alkanes of at least 4 members (excludes halogenated alkanes) is 4. The van der Waals surface area contributed by atoms with E-state index in [9.17, 15) is 4.79 Å². The molecule has 0 heterocycles. The molecule has 0 aliphatic heterocycles. The van der Waals surface area contributed by atoms with E-state index in [0.717, 1.165) is 18.7 Å². The van der Waals surface area contributed by atoms with Crippen LogP contribution < -0.4 is 10.1 Å². The maximum Gasteiger partial charge on any atom is 0.347 e. The van der Waals surface area contributed by atoms with Gasteiger partial charge in [0, 0.05) is 12.2 Å². The van der Waals surface area contributed by atoms with Crippen molar-refractivity contribution >= 4 is 11.7 Å². The first-order valence-corrected chi connectivity index (χ1v) is 9.38. The van der Waals surface area contributed by atoms with Crippen LogP contribution in [0.5, 0.6) is 5.75 Å². The Kier molecular flexibility index (Phi) is 10.7. The van der Waals surface area contributed by atoms with Gasteiger partial charge in [-0.1, -0.05) is 46.0 Å². The van der Waals surface area contributed by atoms with Gasteiger partial charge in [0.25, 0.3) is 0 Å². The Morgan fingerprint density at radius 1 is 1.00 bits per heavy atom. The zero-order valence-electron chi connectivity index (χ0n) is 15.5. The van der Waals surface area contributed by atoms with Crippen LogP contribution in [0.3, 0.4) is 0 Å². The summed E-state index contributed by atoms with van der Waals surface area (Å²) < 4.78 is 10.9. The lowest BCUT2D eigenvalue weighted by Crippen LogP contribution is -2.29. The Balaban J connectivity index is 2.40. The summed E-state index contributed by atoms with van der Waals surface area (Å²) in [7, 11) is 0. The minimum Gasteiger partial charge on any atom is -0.479 e. The third-order valence-corrected chi connectivity index (χ3v) is 3.84. The summed E-state index contributed by atoms with van der Waals surface area (Å²) in [6.45, 7) is 7.44. The third-order valence-electron chi connectivity index (χ3n) is 3.84. The Morgan fingerprint density at radius 3 is 2.33 bits per heavy atom. The van der Waals surface area contributed by atoms with Crippen LogP contribution in [0.25, 0.3) is 0 Å². The molecule has 1 atom stereocenters. The van der Waals surface area contributed by atoms with E-state index in [4.69, 9.17) is 9.47 Å². The van der Waals surface area contributed by atoms with Gasteiger partial charge in [-0.15, -0.1) is 0 Å². The van der Waals surface area contributed by atoms with E-state index in [1.807, 2.05) is 38.1 Å². The summed E-state index contributed by atoms with van der Waals surface area (Å²) >= 11 is 0. The van der Waals surface area contributed by atoms with E-state index in [-0.39, 0.29) is 5.97 Å². The molecule has 0 aromatic heterocycles. The number of hydrogen-bond donors (Lipinski definition) is 1. The number of anilines is 1. The molecule has 136 valence electrons. The quantitative estimate of drug-likeness (QED) is 0.398. The SMILES string of the molecule is CCCCCCCNc1ccc(OC(CCC)C(=O)OCC)cc1. The molecule has 1 aromatic carbocycles. The highest BCUT2D eigenvalue weighted by molar-refractivity contribution is 5.75. The molecule has 0 bridgehead atoms. The van der Waals surface area contributed by atoms with Crippen LogP contribution in [0.2, 0.25) is 0 Å². The molecule has 4 heteroatoms. The number of ether oxygens (including phenoxy) is 2. The molecular weight excluding hydrogens is 302 g/mol. The molecule has 0 saturated carbocycles. The van der Waals surface area contributed by atoms with Gasteiger partial charge in [-0.05, 0) is 44.0 Å². The molecule has 1 N–H and O–H groups in total. The molecule has 24 heavy (non-hydrogen) atoms. The van der Waals surface area contributed by atoms with Crippen LogP contribution >= 0.6 is 0 Å². The van der Waals surface area contributed by atoms with Crippen LogP contribution in [0.1, 0.15) is 65.7 Å². The predicted octanol–water partition coefficient (Wildman–Crippen LogP) is 5.18. The van der Waals surface area contributed by atoms with Gasteiger partial charge in [0.15, 0.2) is 6.10 Å². The first kappa shape index (κ1) is 20.3. The third kappa shape index (κ3) is 8.23. The predicted molar refractivity (Wildman–Crippen MR) is 99.6 cm³/mol. The van der Waals surface area contributed by atoms with Crippen molar-refractivity contribution in [2.45, 2.75) is 71.8 Å². The van der Waals surface area contributed by atoms with E-state index in [1.54, 1.807) is 0 Å². The summed E-state index contributed by atoms with van der Waals surface area (Å²) in [5.74, 6) is 0.420. The van der Waals surface area contributed by atoms with Crippen LogP contribution in [0, 0.1) is 0 Å². The van der Waals surface area contributed by atoms with Gasteiger partial charge < -0.3 is 14.8 Å². The summed E-state index contributed by atoms with van der Waals surface area (Å²) in [5, 5.41) is 3.42. The van der Waals surface area contributed by atoms with E-state index < -0.39 is 6.10 Å². The highest BCUT2D eigenvalue weighted by Crippen LogP contribution is 2.19. The highest BCUT2D eigenvalue weighted by Gasteiger charge is 2.20. The fourth-order valence-corrected chi connectivity index (χ4v) is 2.50. The summed E-state index contributed by atoms with van der Waals surface area (Å²) in [4.78, 5) is 11.9. The van der Waals surface area contributed by atoms with Gasteiger partial charge >= 0.3 is 5.97 Å². The van der Waals surface area contributed by atoms with Crippen LogP contribution in [-0.4, -0.2) is 25.2 Å². The molecule has 0 amide bonds. The van der Waals surface area contributed by atoms with Crippen molar-refractivity contribution in [3.8, 4) is 5.75 Å². The van der Waals surface area contributed by atoms with Gasteiger partial charge in [0.1, 0.15) is 5.75 Å². The topological polar surface area (TPSA) is 47.6 Å². The van der Waals surface area contributed by atoms with E-state index in [1.165, 1.54) is 32.1 Å². The fraction of sp³-hybridized carbons (Fsp3) is 0.650. The van der Waals surface area contributed by atoms with Gasteiger partial charge in [-0.25, -0.2) is 4.79 Å². The normalized spacial score (nSPS) is 11.8. The minimum absolute atomic E-state index is 0.284. The van der Waals surface area contributed by atoms with Crippen LogP contribution in [0.4, 0.5) is 5.69 Å². The first-order valence-electron chi connectivity index (χ1n) is 9.38. The average Bonchev–Trinajstić information content (AvgIpc) is 2.59. The lowest BCUT2D eigenvalue weighted by Gasteiger charge is -2.17. The van der Waals surface area contributed by atoms with Gasteiger partial charge in [-0.3, -0.25) is 0 Å². The molecule has 1 rings (SSSR count). The zero-order chi connectivity index (χ0) is 17.6. The van der Waals surface area contributed by atoms with Crippen molar-refractivity contribution in [1.29, 1.82) is 0 Å². The van der Waals surface area contributed by atoms with Gasteiger partial charge in [-0.2, -0.15) is 0 Å². The van der Waals surface area contributed by atoms with Crippen molar-refractivity contribution < 1.29 is 14.3 Å². The Labute approximate surface area is 146 Å². The fourth-order valence-electron chi connectivity index (χ4n) is 2.50. The molecule has 0 saturated heterocycles.